The molecule has 0 radical (unpaired) electrons. The first-order valence-electron chi connectivity index (χ1n) is 5.74. The molecule has 0 fully saturated rings. The first kappa shape index (κ1) is 12.7. The van der Waals surface area contributed by atoms with Gasteiger partial charge < -0.3 is 10.4 Å². The summed E-state index contributed by atoms with van der Waals surface area (Å²) in [6.07, 6.45) is 8.76. The lowest BCUT2D eigenvalue weighted by Gasteiger charge is -2.10. The van der Waals surface area contributed by atoms with Crippen molar-refractivity contribution in [2.75, 3.05) is 5.32 Å². The van der Waals surface area contributed by atoms with Crippen molar-refractivity contribution in [1.29, 1.82) is 0 Å². The third-order valence-electron chi connectivity index (χ3n) is 2.90. The zero-order valence-electron chi connectivity index (χ0n) is 9.78. The fraction of sp³-hybridized carbons (Fsp3) is 0.385. The largest absolute Gasteiger partial charge is 0.478 e. The Morgan fingerprint density at radius 3 is 2.78 bits per heavy atom. The van der Waals surface area contributed by atoms with Crippen LogP contribution in [0.15, 0.2) is 0 Å². The Balaban J connectivity index is 2.35. The van der Waals surface area contributed by atoms with Crippen LogP contribution in [0.4, 0.5) is 5.00 Å². The summed E-state index contributed by atoms with van der Waals surface area (Å²) in [4.78, 5) is 23.8. The molecule has 0 bridgehead atoms. The molecule has 1 amide bonds. The number of carbonyl (C=O) groups excluding carboxylic acids is 1. The highest BCUT2D eigenvalue weighted by Crippen LogP contribution is 2.38. The average Bonchev–Trinajstić information content (AvgIpc) is 2.66. The van der Waals surface area contributed by atoms with Crippen LogP contribution in [0.1, 0.15) is 40.1 Å². The first-order chi connectivity index (χ1) is 8.63. The van der Waals surface area contributed by atoms with Gasteiger partial charge in [0.05, 0.1) is 12.0 Å². The van der Waals surface area contributed by atoms with E-state index in [1.807, 2.05) is 0 Å². The summed E-state index contributed by atoms with van der Waals surface area (Å²) in [7, 11) is 0. The standard InChI is InChI=1S/C13H13NO3S/c1-2-5-10(15)14-12-11(13(16)17)8-6-3-4-7-9(8)18-12/h1H,3-7H2,(H,14,15)(H,16,17). The van der Waals surface area contributed by atoms with Crippen LogP contribution in [0.5, 0.6) is 0 Å². The number of hydrogen-bond donors (Lipinski definition) is 2. The lowest BCUT2D eigenvalue weighted by atomic mass is 9.95. The van der Waals surface area contributed by atoms with E-state index in [1.54, 1.807) is 0 Å². The number of anilines is 1. The van der Waals surface area contributed by atoms with Crippen molar-refractivity contribution in [2.24, 2.45) is 0 Å². The molecule has 2 rings (SSSR count). The van der Waals surface area contributed by atoms with E-state index in [0.29, 0.717) is 5.00 Å². The molecule has 1 aliphatic rings. The van der Waals surface area contributed by atoms with E-state index in [2.05, 4.69) is 11.2 Å². The van der Waals surface area contributed by atoms with Gasteiger partial charge in [0.1, 0.15) is 5.00 Å². The summed E-state index contributed by atoms with van der Waals surface area (Å²) < 4.78 is 0. The Labute approximate surface area is 109 Å². The molecule has 5 heteroatoms. The molecule has 0 unspecified atom stereocenters. The highest BCUT2D eigenvalue weighted by Gasteiger charge is 2.25. The van der Waals surface area contributed by atoms with Crippen molar-refractivity contribution in [1.82, 2.24) is 0 Å². The van der Waals surface area contributed by atoms with E-state index < -0.39 is 5.97 Å². The van der Waals surface area contributed by atoms with Crippen LogP contribution in [-0.4, -0.2) is 17.0 Å². The number of aromatic carboxylic acids is 1. The molecule has 0 saturated heterocycles. The van der Waals surface area contributed by atoms with Crippen molar-refractivity contribution in [3.8, 4) is 12.3 Å². The molecule has 0 aliphatic heterocycles. The zero-order valence-corrected chi connectivity index (χ0v) is 10.6. The number of aryl methyl sites for hydroxylation is 1. The predicted molar refractivity (Wildman–Crippen MR) is 70.0 cm³/mol. The lowest BCUT2D eigenvalue weighted by Crippen LogP contribution is -2.13. The highest BCUT2D eigenvalue weighted by atomic mass is 32.1. The van der Waals surface area contributed by atoms with Gasteiger partial charge in [0, 0.05) is 4.88 Å². The third kappa shape index (κ3) is 2.39. The van der Waals surface area contributed by atoms with Crippen LogP contribution >= 0.6 is 11.3 Å². The van der Waals surface area contributed by atoms with Gasteiger partial charge in [-0.15, -0.1) is 17.8 Å². The van der Waals surface area contributed by atoms with Crippen LogP contribution < -0.4 is 5.32 Å². The molecule has 0 spiro atoms. The molecule has 2 N–H and O–H groups in total. The molecule has 4 nitrogen and oxygen atoms in total. The van der Waals surface area contributed by atoms with Crippen LogP contribution in [0.2, 0.25) is 0 Å². The van der Waals surface area contributed by atoms with Gasteiger partial charge in [0.15, 0.2) is 0 Å². The molecule has 1 aromatic heterocycles. The van der Waals surface area contributed by atoms with Crippen molar-refractivity contribution in [3.63, 3.8) is 0 Å². The smallest absolute Gasteiger partial charge is 0.339 e. The van der Waals surface area contributed by atoms with Crippen LogP contribution in [-0.2, 0) is 17.6 Å². The minimum Gasteiger partial charge on any atom is -0.478 e. The van der Waals surface area contributed by atoms with E-state index in [9.17, 15) is 14.7 Å². The Hall–Kier alpha value is -1.80. The Morgan fingerprint density at radius 2 is 2.11 bits per heavy atom. The minimum absolute atomic E-state index is 0.0401. The second-order valence-electron chi connectivity index (χ2n) is 4.15. The summed E-state index contributed by atoms with van der Waals surface area (Å²) in [5.41, 5.74) is 1.13. The molecule has 1 aromatic rings. The molecule has 18 heavy (non-hydrogen) atoms. The van der Waals surface area contributed by atoms with Gasteiger partial charge in [0.25, 0.3) is 0 Å². The van der Waals surface area contributed by atoms with Crippen molar-refractivity contribution in [3.05, 3.63) is 16.0 Å². The molecule has 1 aliphatic carbocycles. The van der Waals surface area contributed by atoms with Gasteiger partial charge >= 0.3 is 5.97 Å². The minimum atomic E-state index is -0.981. The summed E-state index contributed by atoms with van der Waals surface area (Å²) in [5, 5.41) is 12.3. The van der Waals surface area contributed by atoms with E-state index >= 15 is 0 Å². The molecule has 1 heterocycles. The monoisotopic (exact) mass is 263 g/mol. The number of thiophene rings is 1. The molecule has 0 aromatic carbocycles. The van der Waals surface area contributed by atoms with Gasteiger partial charge in [0.2, 0.25) is 5.91 Å². The third-order valence-corrected chi connectivity index (χ3v) is 4.11. The average molecular weight is 263 g/mol. The highest BCUT2D eigenvalue weighted by molar-refractivity contribution is 7.17. The summed E-state index contributed by atoms with van der Waals surface area (Å²) in [6.45, 7) is 0. The Morgan fingerprint density at radius 1 is 1.39 bits per heavy atom. The summed E-state index contributed by atoms with van der Waals surface area (Å²) in [5.74, 6) is 0.928. The number of nitrogens with one attached hydrogen (secondary N) is 1. The zero-order chi connectivity index (χ0) is 13.1. The maximum Gasteiger partial charge on any atom is 0.339 e. The fourth-order valence-electron chi connectivity index (χ4n) is 2.14. The number of rotatable bonds is 3. The maximum absolute atomic E-state index is 11.5. The first-order valence-corrected chi connectivity index (χ1v) is 6.56. The molecule has 0 atom stereocenters. The van der Waals surface area contributed by atoms with Gasteiger partial charge in [-0.05, 0) is 31.2 Å². The van der Waals surface area contributed by atoms with Crippen molar-refractivity contribution in [2.45, 2.75) is 32.1 Å². The van der Waals surface area contributed by atoms with Gasteiger partial charge in [-0.25, -0.2) is 4.79 Å². The normalized spacial score (nSPS) is 13.5. The molecule has 0 saturated carbocycles. The van der Waals surface area contributed by atoms with Crippen LogP contribution in [0.3, 0.4) is 0 Å². The van der Waals surface area contributed by atoms with Gasteiger partial charge in [-0.1, -0.05) is 5.92 Å². The van der Waals surface area contributed by atoms with Gasteiger partial charge in [-0.2, -0.15) is 0 Å². The van der Waals surface area contributed by atoms with Crippen molar-refractivity contribution < 1.29 is 14.7 Å². The van der Waals surface area contributed by atoms with E-state index in [1.165, 1.54) is 11.3 Å². The van der Waals surface area contributed by atoms with E-state index in [-0.39, 0.29) is 17.9 Å². The molecular formula is C13H13NO3S. The topological polar surface area (TPSA) is 66.4 Å². The van der Waals surface area contributed by atoms with Crippen LogP contribution in [0.25, 0.3) is 0 Å². The van der Waals surface area contributed by atoms with Gasteiger partial charge in [-0.3, -0.25) is 4.79 Å². The number of carbonyl (C=O) groups is 2. The van der Waals surface area contributed by atoms with Crippen LogP contribution in [0, 0.1) is 12.3 Å². The summed E-state index contributed by atoms with van der Waals surface area (Å²) in [6, 6.07) is 0. The maximum atomic E-state index is 11.5. The quantitative estimate of drug-likeness (QED) is 0.822. The fourth-order valence-corrected chi connectivity index (χ4v) is 3.44. The Kier molecular flexibility index (Phi) is 3.68. The molecule has 94 valence electrons. The van der Waals surface area contributed by atoms with Crippen molar-refractivity contribution >= 4 is 28.2 Å². The predicted octanol–water partition coefficient (Wildman–Crippen LogP) is 2.29. The number of carboxylic acid groups (broad SMARTS) is 1. The second kappa shape index (κ2) is 5.23. The van der Waals surface area contributed by atoms with E-state index in [0.717, 1.165) is 36.1 Å². The Bertz CT molecular complexity index is 539. The molecular weight excluding hydrogens is 250 g/mol. The lowest BCUT2D eigenvalue weighted by molar-refractivity contribution is -0.115. The number of hydrogen-bond acceptors (Lipinski definition) is 3. The summed E-state index contributed by atoms with van der Waals surface area (Å²) >= 11 is 1.36. The van der Waals surface area contributed by atoms with E-state index in [4.69, 9.17) is 6.42 Å². The number of fused-ring (bicyclic) bond motifs is 1. The number of amides is 1. The number of carboxylic acids is 1. The number of terminal acetylenes is 1. The second-order valence-corrected chi connectivity index (χ2v) is 5.25. The SMILES string of the molecule is C#CCC(=O)Nc1sc2c(c1C(=O)O)CCCC2.